The number of carbonyl (C=O) groups excluding carboxylic acids is 3. The van der Waals surface area contributed by atoms with Gasteiger partial charge >= 0.3 is 5.97 Å². The molecule has 1 aliphatic heterocycles. The molecule has 0 spiro atoms. The van der Waals surface area contributed by atoms with Crippen molar-refractivity contribution in [1.29, 1.82) is 0 Å². The predicted octanol–water partition coefficient (Wildman–Crippen LogP) is 3.05. The molecule has 1 N–H and O–H groups in total. The van der Waals surface area contributed by atoms with Gasteiger partial charge in [0.05, 0.1) is 30.5 Å². The fourth-order valence-electron chi connectivity index (χ4n) is 3.25. The van der Waals surface area contributed by atoms with Crippen LogP contribution in [0.25, 0.3) is 0 Å². The second-order valence-electron chi connectivity index (χ2n) is 6.84. The smallest absolute Gasteiger partial charge is 0.337 e. The number of rotatable bonds is 5. The number of pyridine rings is 1. The molecule has 8 nitrogen and oxygen atoms in total. The van der Waals surface area contributed by atoms with Crippen molar-refractivity contribution in [2.24, 2.45) is 0 Å². The van der Waals surface area contributed by atoms with Crippen LogP contribution in [0.3, 0.4) is 0 Å². The van der Waals surface area contributed by atoms with Crippen molar-refractivity contribution in [3.05, 3.63) is 83.7 Å². The van der Waals surface area contributed by atoms with E-state index in [0.29, 0.717) is 28.3 Å². The average Bonchev–Trinajstić information content (AvgIpc) is 2.81. The third-order valence-electron chi connectivity index (χ3n) is 4.77. The van der Waals surface area contributed by atoms with Crippen LogP contribution >= 0.6 is 0 Å². The van der Waals surface area contributed by atoms with Gasteiger partial charge in [0, 0.05) is 18.1 Å². The largest absolute Gasteiger partial charge is 0.482 e. The molecule has 0 unspecified atom stereocenters. The van der Waals surface area contributed by atoms with E-state index >= 15 is 0 Å². The minimum Gasteiger partial charge on any atom is -0.482 e. The summed E-state index contributed by atoms with van der Waals surface area (Å²) in [5.41, 5.74) is 2.62. The first-order valence-electron chi connectivity index (χ1n) is 9.51. The number of fused-ring (bicyclic) bond motifs is 1. The summed E-state index contributed by atoms with van der Waals surface area (Å²) < 4.78 is 10.3. The number of hydrogen-bond acceptors (Lipinski definition) is 6. The van der Waals surface area contributed by atoms with Gasteiger partial charge in [-0.2, -0.15) is 0 Å². The summed E-state index contributed by atoms with van der Waals surface area (Å²) in [7, 11) is 1.32. The van der Waals surface area contributed by atoms with Crippen LogP contribution < -0.4 is 15.0 Å². The number of carbonyl (C=O) groups is 3. The third-order valence-corrected chi connectivity index (χ3v) is 4.77. The summed E-state index contributed by atoms with van der Waals surface area (Å²) in [6, 6.07) is 15.3. The summed E-state index contributed by atoms with van der Waals surface area (Å²) in [4.78, 5) is 42.4. The van der Waals surface area contributed by atoms with Gasteiger partial charge in [0.1, 0.15) is 5.75 Å². The fraction of sp³-hybridized carbons (Fsp3) is 0.130. The number of amides is 2. The number of methoxy groups -OCH3 is 1. The van der Waals surface area contributed by atoms with Crippen LogP contribution in [0.4, 0.5) is 11.4 Å². The highest BCUT2D eigenvalue weighted by Crippen LogP contribution is 2.35. The van der Waals surface area contributed by atoms with Crippen LogP contribution in [0.5, 0.6) is 5.75 Å². The van der Waals surface area contributed by atoms with Crippen molar-refractivity contribution >= 4 is 29.2 Å². The van der Waals surface area contributed by atoms with Crippen molar-refractivity contribution < 1.29 is 23.9 Å². The summed E-state index contributed by atoms with van der Waals surface area (Å²) in [6.45, 7) is 0.144. The fourth-order valence-corrected chi connectivity index (χ4v) is 3.25. The lowest BCUT2D eigenvalue weighted by atomic mass is 10.1. The third kappa shape index (κ3) is 4.37. The molecule has 0 atom stereocenters. The van der Waals surface area contributed by atoms with E-state index in [4.69, 9.17) is 9.47 Å². The second kappa shape index (κ2) is 8.66. The Balaban J connectivity index is 1.60. The van der Waals surface area contributed by atoms with Gasteiger partial charge in [-0.15, -0.1) is 0 Å². The molecule has 156 valence electrons. The number of nitrogens with one attached hydrogen (secondary N) is 1. The van der Waals surface area contributed by atoms with E-state index in [-0.39, 0.29) is 25.0 Å². The Bertz CT molecular complexity index is 1150. The highest BCUT2D eigenvalue weighted by Gasteiger charge is 2.26. The number of esters is 1. The molecule has 4 rings (SSSR count). The van der Waals surface area contributed by atoms with Crippen LogP contribution in [0.2, 0.25) is 0 Å². The van der Waals surface area contributed by atoms with Crippen LogP contribution in [-0.2, 0) is 16.1 Å². The van der Waals surface area contributed by atoms with Gasteiger partial charge in [0.2, 0.25) is 0 Å². The van der Waals surface area contributed by atoms with Crippen molar-refractivity contribution in [2.75, 3.05) is 23.9 Å². The van der Waals surface area contributed by atoms with Crippen LogP contribution in [0.1, 0.15) is 26.3 Å². The lowest BCUT2D eigenvalue weighted by molar-refractivity contribution is -0.121. The van der Waals surface area contributed by atoms with Gasteiger partial charge in [-0.05, 0) is 48.0 Å². The van der Waals surface area contributed by atoms with Crippen molar-refractivity contribution in [2.45, 2.75) is 6.54 Å². The highest BCUT2D eigenvalue weighted by atomic mass is 16.5. The summed E-state index contributed by atoms with van der Waals surface area (Å²) in [6.07, 6.45) is 3.06. The van der Waals surface area contributed by atoms with Crippen molar-refractivity contribution in [3.63, 3.8) is 0 Å². The van der Waals surface area contributed by atoms with Gasteiger partial charge in [-0.25, -0.2) is 4.79 Å². The van der Waals surface area contributed by atoms with Gasteiger partial charge in [0.15, 0.2) is 6.61 Å². The standard InChI is InChI=1S/C23H19N3O5/c1-30-23(29)16-5-2-4-15(10-16)13-26-19-11-18(7-8-20(19)31-14-21(26)27)25-22(28)17-6-3-9-24-12-17/h2-12H,13-14H2,1H3,(H,25,28). The number of nitrogens with zero attached hydrogens (tertiary/aromatic N) is 2. The highest BCUT2D eigenvalue weighted by molar-refractivity contribution is 6.05. The molecule has 0 saturated carbocycles. The number of benzene rings is 2. The Morgan fingerprint density at radius 3 is 2.74 bits per heavy atom. The number of hydrogen-bond donors (Lipinski definition) is 1. The van der Waals surface area contributed by atoms with Crippen LogP contribution in [0, 0.1) is 0 Å². The summed E-state index contributed by atoms with van der Waals surface area (Å²) in [5, 5.41) is 2.81. The Kier molecular flexibility index (Phi) is 5.61. The molecule has 2 amide bonds. The Morgan fingerprint density at radius 2 is 1.97 bits per heavy atom. The second-order valence-corrected chi connectivity index (χ2v) is 6.84. The maximum atomic E-state index is 12.6. The lowest BCUT2D eigenvalue weighted by Crippen LogP contribution is -2.38. The maximum absolute atomic E-state index is 12.6. The van der Waals surface area contributed by atoms with Crippen molar-refractivity contribution in [1.82, 2.24) is 4.98 Å². The zero-order chi connectivity index (χ0) is 21.8. The zero-order valence-electron chi connectivity index (χ0n) is 16.7. The molecule has 0 saturated heterocycles. The van der Waals surface area contributed by atoms with Gasteiger partial charge in [0.25, 0.3) is 11.8 Å². The van der Waals surface area contributed by atoms with Gasteiger partial charge in [-0.1, -0.05) is 12.1 Å². The molecule has 31 heavy (non-hydrogen) atoms. The summed E-state index contributed by atoms with van der Waals surface area (Å²) in [5.74, 6) is -0.459. The van der Waals surface area contributed by atoms with E-state index in [1.807, 2.05) is 6.07 Å². The van der Waals surface area contributed by atoms with E-state index < -0.39 is 5.97 Å². The molecular formula is C23H19N3O5. The van der Waals surface area contributed by atoms with E-state index in [0.717, 1.165) is 5.56 Å². The molecule has 2 aromatic carbocycles. The molecule has 1 aromatic heterocycles. The molecule has 1 aliphatic rings. The van der Waals surface area contributed by atoms with Crippen molar-refractivity contribution in [3.8, 4) is 5.75 Å². The van der Waals surface area contributed by atoms with E-state index in [1.54, 1.807) is 59.6 Å². The molecule has 0 bridgehead atoms. The number of ether oxygens (including phenoxy) is 2. The first-order valence-corrected chi connectivity index (χ1v) is 9.51. The quantitative estimate of drug-likeness (QED) is 0.641. The predicted molar refractivity (Wildman–Crippen MR) is 113 cm³/mol. The lowest BCUT2D eigenvalue weighted by Gasteiger charge is -2.30. The normalized spacial score (nSPS) is 12.5. The van der Waals surface area contributed by atoms with Crippen LogP contribution in [0.15, 0.2) is 67.0 Å². The molecule has 8 heteroatoms. The Hall–Kier alpha value is -4.20. The maximum Gasteiger partial charge on any atom is 0.337 e. The minimum absolute atomic E-state index is 0.0922. The van der Waals surface area contributed by atoms with E-state index in [9.17, 15) is 14.4 Å². The molecule has 0 fully saturated rings. The molecule has 3 aromatic rings. The molecule has 0 aliphatic carbocycles. The molecular weight excluding hydrogens is 398 g/mol. The van der Waals surface area contributed by atoms with Gasteiger partial charge < -0.3 is 19.7 Å². The minimum atomic E-state index is -0.448. The molecule has 2 heterocycles. The van der Waals surface area contributed by atoms with E-state index in [1.165, 1.54) is 13.3 Å². The Morgan fingerprint density at radius 1 is 1.13 bits per heavy atom. The Labute approximate surface area is 178 Å². The topological polar surface area (TPSA) is 97.8 Å². The number of anilines is 2. The summed E-state index contributed by atoms with van der Waals surface area (Å²) >= 11 is 0. The van der Waals surface area contributed by atoms with Crippen LogP contribution in [-0.4, -0.2) is 36.5 Å². The van der Waals surface area contributed by atoms with Gasteiger partial charge in [-0.3, -0.25) is 14.6 Å². The number of aromatic nitrogens is 1. The zero-order valence-corrected chi connectivity index (χ0v) is 16.7. The first kappa shape index (κ1) is 20.1. The first-order chi connectivity index (χ1) is 15.0. The SMILES string of the molecule is COC(=O)c1cccc(CN2C(=O)COc3ccc(NC(=O)c4cccnc4)cc32)c1. The monoisotopic (exact) mass is 417 g/mol. The average molecular weight is 417 g/mol. The van der Waals surface area contributed by atoms with E-state index in [2.05, 4.69) is 10.3 Å². The molecule has 0 radical (unpaired) electrons.